The van der Waals surface area contributed by atoms with Gasteiger partial charge in [0.1, 0.15) is 0 Å². The van der Waals surface area contributed by atoms with Crippen LogP contribution in [0.5, 0.6) is 0 Å². The Balaban J connectivity index is 2.69. The van der Waals surface area contributed by atoms with Gasteiger partial charge in [0, 0.05) is 17.1 Å². The van der Waals surface area contributed by atoms with E-state index in [9.17, 15) is 0 Å². The van der Waals surface area contributed by atoms with Gasteiger partial charge in [-0.15, -0.1) is 0 Å². The fourth-order valence-corrected chi connectivity index (χ4v) is 1.80. The van der Waals surface area contributed by atoms with Gasteiger partial charge < -0.3 is 5.32 Å². The van der Waals surface area contributed by atoms with E-state index in [1.807, 2.05) is 18.2 Å². The summed E-state index contributed by atoms with van der Waals surface area (Å²) < 4.78 is 0. The van der Waals surface area contributed by atoms with E-state index < -0.39 is 0 Å². The van der Waals surface area contributed by atoms with Gasteiger partial charge in [-0.25, -0.2) is 0 Å². The van der Waals surface area contributed by atoms with Crippen molar-refractivity contribution in [3.8, 4) is 0 Å². The lowest BCUT2D eigenvalue weighted by molar-refractivity contribution is 0.389. The first-order valence-electron chi connectivity index (χ1n) is 5.53. The highest BCUT2D eigenvalue weighted by atomic mass is 35.5. The minimum atomic E-state index is 0.302. The molecule has 15 heavy (non-hydrogen) atoms. The summed E-state index contributed by atoms with van der Waals surface area (Å²) in [7, 11) is 0. The Morgan fingerprint density at radius 3 is 2.20 bits per heavy atom. The van der Waals surface area contributed by atoms with Crippen LogP contribution in [-0.4, -0.2) is 6.04 Å². The number of halogens is 1. The molecule has 2 heteroatoms. The summed E-state index contributed by atoms with van der Waals surface area (Å²) in [5.74, 6) is 0.634. The molecule has 2 atom stereocenters. The third kappa shape index (κ3) is 3.51. The van der Waals surface area contributed by atoms with Crippen LogP contribution in [0.4, 0.5) is 0 Å². The molecule has 0 aliphatic heterocycles. The lowest BCUT2D eigenvalue weighted by Crippen LogP contribution is -2.33. The maximum atomic E-state index is 6.14. The van der Waals surface area contributed by atoms with Crippen molar-refractivity contribution < 1.29 is 0 Å². The Hall–Kier alpha value is -0.530. The number of nitrogens with one attached hydrogen (secondary N) is 1. The zero-order chi connectivity index (χ0) is 11.4. The second kappa shape index (κ2) is 5.53. The van der Waals surface area contributed by atoms with Crippen molar-refractivity contribution in [3.63, 3.8) is 0 Å². The molecule has 1 N–H and O–H groups in total. The number of benzene rings is 1. The van der Waals surface area contributed by atoms with Crippen molar-refractivity contribution in [2.75, 3.05) is 0 Å². The first-order chi connectivity index (χ1) is 7.02. The van der Waals surface area contributed by atoms with Crippen molar-refractivity contribution in [2.24, 2.45) is 5.92 Å². The third-order valence-electron chi connectivity index (χ3n) is 2.88. The lowest BCUT2D eigenvalue weighted by Gasteiger charge is -2.23. The highest BCUT2D eigenvalue weighted by molar-refractivity contribution is 6.31. The van der Waals surface area contributed by atoms with Gasteiger partial charge in [-0.2, -0.15) is 0 Å². The smallest absolute Gasteiger partial charge is 0.0453 e. The minimum Gasteiger partial charge on any atom is -0.307 e. The summed E-state index contributed by atoms with van der Waals surface area (Å²) in [4.78, 5) is 0. The van der Waals surface area contributed by atoms with Crippen LogP contribution in [0.3, 0.4) is 0 Å². The summed E-state index contributed by atoms with van der Waals surface area (Å²) in [6, 6.07) is 8.80. The summed E-state index contributed by atoms with van der Waals surface area (Å²) >= 11 is 6.14. The molecular weight excluding hydrogens is 206 g/mol. The highest BCUT2D eigenvalue weighted by Crippen LogP contribution is 2.23. The van der Waals surface area contributed by atoms with Gasteiger partial charge in [0.15, 0.2) is 0 Å². The van der Waals surface area contributed by atoms with Crippen molar-refractivity contribution in [3.05, 3.63) is 34.9 Å². The van der Waals surface area contributed by atoms with Gasteiger partial charge in [-0.3, -0.25) is 0 Å². The average Bonchev–Trinajstić information content (AvgIpc) is 2.18. The van der Waals surface area contributed by atoms with Crippen LogP contribution >= 0.6 is 11.6 Å². The van der Waals surface area contributed by atoms with E-state index in [-0.39, 0.29) is 0 Å². The lowest BCUT2D eigenvalue weighted by atomic mass is 10.0. The van der Waals surface area contributed by atoms with E-state index in [0.29, 0.717) is 18.0 Å². The third-order valence-corrected chi connectivity index (χ3v) is 3.23. The monoisotopic (exact) mass is 225 g/mol. The first kappa shape index (κ1) is 12.5. The molecule has 0 aliphatic rings. The summed E-state index contributed by atoms with van der Waals surface area (Å²) in [6.07, 6.45) is 0. The molecule has 84 valence electrons. The molecule has 0 aliphatic carbocycles. The number of hydrogen-bond donors (Lipinski definition) is 1. The zero-order valence-corrected chi connectivity index (χ0v) is 10.7. The molecule has 0 amide bonds. The van der Waals surface area contributed by atoms with Crippen LogP contribution in [-0.2, 0) is 0 Å². The van der Waals surface area contributed by atoms with Crippen molar-refractivity contribution in [1.29, 1.82) is 0 Å². The van der Waals surface area contributed by atoms with Crippen molar-refractivity contribution in [1.82, 2.24) is 5.32 Å². The molecule has 0 spiro atoms. The standard InChI is InChI=1S/C13H20ClN/c1-9(2)10(3)15-11(4)12-7-5-6-8-13(12)14/h5-11,15H,1-4H3. The topological polar surface area (TPSA) is 12.0 Å². The Morgan fingerprint density at radius 1 is 1.07 bits per heavy atom. The minimum absolute atomic E-state index is 0.302. The predicted octanol–water partition coefficient (Wildman–Crippen LogP) is 4.04. The van der Waals surface area contributed by atoms with E-state index in [1.54, 1.807) is 0 Å². The van der Waals surface area contributed by atoms with E-state index in [1.165, 1.54) is 5.56 Å². The Bertz CT molecular complexity index is 309. The molecule has 1 aromatic carbocycles. The average molecular weight is 226 g/mol. The normalized spacial score (nSPS) is 15.3. The molecular formula is C13H20ClN. The van der Waals surface area contributed by atoms with Crippen LogP contribution in [0.15, 0.2) is 24.3 Å². The fraction of sp³-hybridized carbons (Fsp3) is 0.538. The van der Waals surface area contributed by atoms with E-state index in [2.05, 4.69) is 39.1 Å². The molecule has 0 saturated carbocycles. The summed E-state index contributed by atoms with van der Waals surface area (Å²) in [5, 5.41) is 4.39. The molecule has 1 rings (SSSR count). The van der Waals surface area contributed by atoms with Crippen LogP contribution in [0.1, 0.15) is 39.3 Å². The van der Waals surface area contributed by atoms with Gasteiger partial charge in [0.2, 0.25) is 0 Å². The second-order valence-electron chi connectivity index (χ2n) is 4.44. The van der Waals surface area contributed by atoms with E-state index in [0.717, 1.165) is 5.02 Å². The second-order valence-corrected chi connectivity index (χ2v) is 4.85. The Kier molecular flexibility index (Phi) is 4.62. The summed E-state index contributed by atoms with van der Waals surface area (Å²) in [5.41, 5.74) is 1.17. The van der Waals surface area contributed by atoms with Gasteiger partial charge in [0.05, 0.1) is 0 Å². The molecule has 1 aromatic rings. The number of hydrogen-bond acceptors (Lipinski definition) is 1. The van der Waals surface area contributed by atoms with Crippen LogP contribution in [0, 0.1) is 5.92 Å². The van der Waals surface area contributed by atoms with Crippen molar-refractivity contribution in [2.45, 2.75) is 39.8 Å². The van der Waals surface area contributed by atoms with Crippen LogP contribution in [0.2, 0.25) is 5.02 Å². The quantitative estimate of drug-likeness (QED) is 0.816. The van der Waals surface area contributed by atoms with Gasteiger partial charge in [-0.05, 0) is 31.4 Å². The molecule has 0 bridgehead atoms. The molecule has 2 unspecified atom stereocenters. The molecule has 0 fully saturated rings. The molecule has 0 radical (unpaired) electrons. The molecule has 0 aromatic heterocycles. The summed E-state index contributed by atoms with van der Waals surface area (Å²) in [6.45, 7) is 8.80. The Labute approximate surface area is 97.8 Å². The maximum absolute atomic E-state index is 6.14. The van der Waals surface area contributed by atoms with Crippen LogP contribution in [0.25, 0.3) is 0 Å². The number of rotatable bonds is 4. The van der Waals surface area contributed by atoms with Gasteiger partial charge in [0.25, 0.3) is 0 Å². The van der Waals surface area contributed by atoms with Gasteiger partial charge >= 0.3 is 0 Å². The largest absolute Gasteiger partial charge is 0.307 e. The van der Waals surface area contributed by atoms with Crippen LogP contribution < -0.4 is 5.32 Å². The Morgan fingerprint density at radius 2 is 1.67 bits per heavy atom. The first-order valence-corrected chi connectivity index (χ1v) is 5.90. The van der Waals surface area contributed by atoms with E-state index >= 15 is 0 Å². The van der Waals surface area contributed by atoms with Crippen molar-refractivity contribution >= 4 is 11.6 Å². The zero-order valence-electron chi connectivity index (χ0n) is 9.92. The SMILES string of the molecule is CC(NC(C)C(C)C)c1ccccc1Cl. The molecule has 0 heterocycles. The highest BCUT2D eigenvalue weighted by Gasteiger charge is 2.13. The molecule has 1 nitrogen and oxygen atoms in total. The van der Waals surface area contributed by atoms with E-state index in [4.69, 9.17) is 11.6 Å². The maximum Gasteiger partial charge on any atom is 0.0453 e. The molecule has 0 saturated heterocycles. The van der Waals surface area contributed by atoms with Gasteiger partial charge in [-0.1, -0.05) is 43.6 Å². The fourth-order valence-electron chi connectivity index (χ4n) is 1.50. The predicted molar refractivity (Wildman–Crippen MR) is 67.3 cm³/mol.